The standard InChI is InChI=1S/C14H15FO2S/c1-14(5-2-6-18-14)13(16)12-8-9-7-10(15)3-4-11(9)17-12/h3-4,7-8,13,16H,2,5-6H2,1H3. The molecule has 18 heavy (non-hydrogen) atoms. The quantitative estimate of drug-likeness (QED) is 0.895. The van der Waals surface area contributed by atoms with Crippen LogP contribution in [0.25, 0.3) is 11.0 Å². The summed E-state index contributed by atoms with van der Waals surface area (Å²) in [4.78, 5) is 0. The Morgan fingerprint density at radius 3 is 3.00 bits per heavy atom. The van der Waals surface area contributed by atoms with E-state index in [1.807, 2.05) is 0 Å². The lowest BCUT2D eigenvalue weighted by atomic mass is 9.97. The van der Waals surface area contributed by atoms with Gasteiger partial charge in [0.1, 0.15) is 23.3 Å². The molecule has 0 saturated carbocycles. The molecular weight excluding hydrogens is 251 g/mol. The Morgan fingerprint density at radius 1 is 1.44 bits per heavy atom. The van der Waals surface area contributed by atoms with E-state index in [2.05, 4.69) is 6.92 Å². The van der Waals surface area contributed by atoms with Crippen LogP contribution in [0.5, 0.6) is 0 Å². The molecule has 2 nitrogen and oxygen atoms in total. The molecule has 0 bridgehead atoms. The predicted octanol–water partition coefficient (Wildman–Crippen LogP) is 3.89. The SMILES string of the molecule is CC1(C(O)c2cc3cc(F)ccc3o2)CCCS1. The lowest BCUT2D eigenvalue weighted by molar-refractivity contribution is 0.112. The van der Waals surface area contributed by atoms with Gasteiger partial charge in [0.15, 0.2) is 0 Å². The van der Waals surface area contributed by atoms with Crippen LogP contribution < -0.4 is 0 Å². The number of fused-ring (bicyclic) bond motifs is 1. The van der Waals surface area contributed by atoms with Crippen molar-refractivity contribution in [2.75, 3.05) is 5.75 Å². The van der Waals surface area contributed by atoms with E-state index in [-0.39, 0.29) is 10.6 Å². The molecule has 0 spiro atoms. The molecule has 0 aliphatic carbocycles. The summed E-state index contributed by atoms with van der Waals surface area (Å²) in [6, 6.07) is 6.14. The van der Waals surface area contributed by atoms with Gasteiger partial charge in [0.05, 0.1) is 0 Å². The van der Waals surface area contributed by atoms with Gasteiger partial charge in [0, 0.05) is 10.1 Å². The van der Waals surface area contributed by atoms with Gasteiger partial charge in [0.25, 0.3) is 0 Å². The van der Waals surface area contributed by atoms with Crippen molar-refractivity contribution < 1.29 is 13.9 Å². The van der Waals surface area contributed by atoms with Gasteiger partial charge in [0.2, 0.25) is 0 Å². The molecule has 2 aromatic rings. The highest BCUT2D eigenvalue weighted by molar-refractivity contribution is 8.00. The average Bonchev–Trinajstić information content (AvgIpc) is 2.94. The summed E-state index contributed by atoms with van der Waals surface area (Å²) < 4.78 is 18.6. The van der Waals surface area contributed by atoms with Gasteiger partial charge < -0.3 is 9.52 Å². The first-order chi connectivity index (χ1) is 8.58. The van der Waals surface area contributed by atoms with Crippen molar-refractivity contribution in [3.8, 4) is 0 Å². The van der Waals surface area contributed by atoms with Gasteiger partial charge in [-0.3, -0.25) is 0 Å². The summed E-state index contributed by atoms with van der Waals surface area (Å²) >= 11 is 1.78. The zero-order valence-corrected chi connectivity index (χ0v) is 11.0. The summed E-state index contributed by atoms with van der Waals surface area (Å²) in [5, 5.41) is 11.1. The highest BCUT2D eigenvalue weighted by atomic mass is 32.2. The van der Waals surface area contributed by atoms with Crippen molar-refractivity contribution in [1.82, 2.24) is 0 Å². The fourth-order valence-electron chi connectivity index (χ4n) is 2.49. The topological polar surface area (TPSA) is 33.4 Å². The zero-order valence-electron chi connectivity index (χ0n) is 10.1. The normalized spacial score (nSPS) is 25.7. The molecular formula is C14H15FO2S. The number of aliphatic hydroxyl groups excluding tert-OH is 1. The monoisotopic (exact) mass is 266 g/mol. The van der Waals surface area contributed by atoms with E-state index < -0.39 is 6.10 Å². The molecule has 1 aromatic heterocycles. The molecule has 1 aromatic carbocycles. The van der Waals surface area contributed by atoms with E-state index >= 15 is 0 Å². The van der Waals surface area contributed by atoms with Crippen LogP contribution in [-0.2, 0) is 0 Å². The number of rotatable bonds is 2. The van der Waals surface area contributed by atoms with Crippen molar-refractivity contribution in [1.29, 1.82) is 0 Å². The predicted molar refractivity (Wildman–Crippen MR) is 71.2 cm³/mol. The zero-order chi connectivity index (χ0) is 12.8. The van der Waals surface area contributed by atoms with E-state index in [9.17, 15) is 9.50 Å². The average molecular weight is 266 g/mol. The lowest BCUT2D eigenvalue weighted by Gasteiger charge is -2.27. The van der Waals surface area contributed by atoms with Gasteiger partial charge in [-0.05, 0) is 49.8 Å². The Labute approximate surface area is 109 Å². The smallest absolute Gasteiger partial charge is 0.135 e. The van der Waals surface area contributed by atoms with Crippen LogP contribution in [0.2, 0.25) is 0 Å². The Balaban J connectivity index is 1.98. The molecule has 1 saturated heterocycles. The third-order valence-corrected chi connectivity index (χ3v) is 5.17. The minimum Gasteiger partial charge on any atom is -0.458 e. The number of hydrogen-bond acceptors (Lipinski definition) is 3. The molecule has 0 radical (unpaired) electrons. The molecule has 1 N–H and O–H groups in total. The van der Waals surface area contributed by atoms with Crippen molar-refractivity contribution in [3.63, 3.8) is 0 Å². The maximum atomic E-state index is 13.1. The van der Waals surface area contributed by atoms with E-state index in [1.165, 1.54) is 12.1 Å². The number of benzene rings is 1. The van der Waals surface area contributed by atoms with Gasteiger partial charge in [-0.1, -0.05) is 0 Å². The van der Waals surface area contributed by atoms with Crippen LogP contribution in [0, 0.1) is 5.82 Å². The van der Waals surface area contributed by atoms with Crippen LogP contribution >= 0.6 is 11.8 Å². The second kappa shape index (κ2) is 4.28. The molecule has 2 heterocycles. The number of aliphatic hydroxyl groups is 1. The Bertz CT molecular complexity index is 572. The molecule has 1 fully saturated rings. The van der Waals surface area contributed by atoms with Gasteiger partial charge in [-0.25, -0.2) is 4.39 Å². The van der Waals surface area contributed by atoms with E-state index in [0.717, 1.165) is 18.6 Å². The minimum absolute atomic E-state index is 0.188. The molecule has 2 atom stereocenters. The number of furan rings is 1. The summed E-state index contributed by atoms with van der Waals surface area (Å²) in [6.45, 7) is 2.06. The first-order valence-corrected chi connectivity index (χ1v) is 7.08. The first kappa shape index (κ1) is 12.1. The maximum absolute atomic E-state index is 13.1. The molecule has 4 heteroatoms. The highest BCUT2D eigenvalue weighted by Crippen LogP contribution is 2.47. The van der Waals surface area contributed by atoms with E-state index in [4.69, 9.17) is 4.42 Å². The Morgan fingerprint density at radius 2 is 2.28 bits per heavy atom. The number of thioether (sulfide) groups is 1. The summed E-state index contributed by atoms with van der Waals surface area (Å²) in [7, 11) is 0. The molecule has 2 unspecified atom stereocenters. The molecule has 3 rings (SSSR count). The lowest BCUT2D eigenvalue weighted by Crippen LogP contribution is -2.25. The maximum Gasteiger partial charge on any atom is 0.135 e. The first-order valence-electron chi connectivity index (χ1n) is 6.09. The molecule has 1 aliphatic heterocycles. The minimum atomic E-state index is -0.638. The fourth-order valence-corrected chi connectivity index (χ4v) is 3.80. The second-order valence-corrected chi connectivity index (χ2v) is 6.63. The van der Waals surface area contributed by atoms with Crippen LogP contribution in [0.1, 0.15) is 31.6 Å². The highest BCUT2D eigenvalue weighted by Gasteiger charge is 2.39. The summed E-state index contributed by atoms with van der Waals surface area (Å²) in [6.07, 6.45) is 1.46. The van der Waals surface area contributed by atoms with Crippen LogP contribution in [0.15, 0.2) is 28.7 Å². The van der Waals surface area contributed by atoms with Crippen LogP contribution in [0.3, 0.4) is 0 Å². The van der Waals surface area contributed by atoms with Crippen molar-refractivity contribution in [3.05, 3.63) is 35.8 Å². The van der Waals surface area contributed by atoms with Crippen molar-refractivity contribution in [2.24, 2.45) is 0 Å². The number of halogens is 1. The molecule has 96 valence electrons. The second-order valence-electron chi connectivity index (χ2n) is 5.00. The van der Waals surface area contributed by atoms with E-state index in [0.29, 0.717) is 16.7 Å². The third-order valence-electron chi connectivity index (χ3n) is 3.59. The summed E-state index contributed by atoms with van der Waals surface area (Å²) in [5.74, 6) is 1.32. The van der Waals surface area contributed by atoms with Gasteiger partial charge in [-0.15, -0.1) is 0 Å². The molecule has 0 amide bonds. The third kappa shape index (κ3) is 1.93. The van der Waals surface area contributed by atoms with Gasteiger partial charge in [-0.2, -0.15) is 11.8 Å². The summed E-state index contributed by atoms with van der Waals surface area (Å²) in [5.41, 5.74) is 0.622. The van der Waals surface area contributed by atoms with Crippen LogP contribution in [0.4, 0.5) is 4.39 Å². The van der Waals surface area contributed by atoms with Crippen molar-refractivity contribution in [2.45, 2.75) is 30.6 Å². The fraction of sp³-hybridized carbons (Fsp3) is 0.429. The molecule has 1 aliphatic rings. The largest absolute Gasteiger partial charge is 0.458 e. The number of hydrogen-bond donors (Lipinski definition) is 1. The van der Waals surface area contributed by atoms with E-state index in [1.54, 1.807) is 23.9 Å². The Kier molecular flexibility index (Phi) is 2.87. The van der Waals surface area contributed by atoms with Crippen molar-refractivity contribution >= 4 is 22.7 Å². The van der Waals surface area contributed by atoms with Crippen LogP contribution in [-0.4, -0.2) is 15.6 Å². The Hall–Kier alpha value is -1.000. The van der Waals surface area contributed by atoms with Gasteiger partial charge >= 0.3 is 0 Å².